The van der Waals surface area contributed by atoms with Gasteiger partial charge >= 0.3 is 0 Å². The van der Waals surface area contributed by atoms with Crippen LogP contribution in [0.3, 0.4) is 0 Å². The van der Waals surface area contributed by atoms with E-state index in [4.69, 9.17) is 47.4 Å². The maximum atomic E-state index is 12.1. The van der Waals surface area contributed by atoms with Gasteiger partial charge in [0, 0.05) is 17.8 Å². The molecule has 22 nitrogen and oxygen atoms in total. The van der Waals surface area contributed by atoms with Crippen molar-refractivity contribution in [3.05, 3.63) is 23.8 Å². The molecule has 0 bridgehead atoms. The highest BCUT2D eigenvalue weighted by atomic mass is 16.8. The zero-order chi connectivity index (χ0) is 51.0. The van der Waals surface area contributed by atoms with Crippen molar-refractivity contribution in [1.82, 2.24) is 0 Å². The van der Waals surface area contributed by atoms with E-state index in [0.717, 1.165) is 24.8 Å². The smallest absolute Gasteiger partial charge is 0.200 e. The summed E-state index contributed by atoms with van der Waals surface area (Å²) in [6.45, 7) is 12.9. The van der Waals surface area contributed by atoms with Crippen LogP contribution >= 0.6 is 0 Å². The maximum absolute atomic E-state index is 12.1. The Labute approximate surface area is 411 Å². The second-order valence-electron chi connectivity index (χ2n) is 22.8. The van der Waals surface area contributed by atoms with Gasteiger partial charge in [-0.05, 0) is 80.6 Å². The van der Waals surface area contributed by atoms with E-state index in [1.807, 2.05) is 6.92 Å². The molecule has 3 saturated carbocycles. The van der Waals surface area contributed by atoms with E-state index < -0.39 is 153 Å². The summed E-state index contributed by atoms with van der Waals surface area (Å²) in [5.74, 6) is -1.53. The van der Waals surface area contributed by atoms with Gasteiger partial charge in [0.2, 0.25) is 5.79 Å². The first kappa shape index (κ1) is 53.0. The number of ether oxygens (including phenoxy) is 10. The Morgan fingerprint density at radius 2 is 1.25 bits per heavy atom. The van der Waals surface area contributed by atoms with Crippen molar-refractivity contribution < 1.29 is 109 Å². The first-order valence-electron chi connectivity index (χ1n) is 25.5. The van der Waals surface area contributed by atoms with E-state index in [9.17, 15) is 61.3 Å². The van der Waals surface area contributed by atoms with Gasteiger partial charge in [-0.15, -0.1) is 0 Å². The lowest BCUT2D eigenvalue weighted by molar-refractivity contribution is -0.390. The molecule has 0 aromatic carbocycles. The lowest BCUT2D eigenvalue weighted by Gasteiger charge is -2.61. The molecule has 31 atom stereocenters. The van der Waals surface area contributed by atoms with Crippen LogP contribution in [-0.2, 0) is 47.4 Å². The second-order valence-corrected chi connectivity index (χ2v) is 22.8. The third-order valence-corrected chi connectivity index (χ3v) is 19.0. The van der Waals surface area contributed by atoms with Crippen LogP contribution in [-0.4, -0.2) is 228 Å². The Morgan fingerprint density at radius 3 is 1.93 bits per heavy atom. The number of allylic oxidation sites excluding steroid dienone is 1. The van der Waals surface area contributed by atoms with Crippen molar-refractivity contribution in [2.45, 2.75) is 220 Å². The average Bonchev–Trinajstić information content (AvgIpc) is 3.79. The highest BCUT2D eigenvalue weighted by molar-refractivity contribution is 5.29. The van der Waals surface area contributed by atoms with Crippen LogP contribution in [0.25, 0.3) is 0 Å². The van der Waals surface area contributed by atoms with Crippen LogP contribution in [0.5, 0.6) is 0 Å². The lowest BCUT2D eigenvalue weighted by Crippen LogP contribution is -2.66. The standard InChI is InChI=1S/C49H76O22/c1-17-14-64-49(42(61)39(17)68-43-36(58)33(55)26(51)15-62-43)18(2)30-28(71-49)13-25-23-8-7-21-11-22(50)12-29(48(21,6)24(23)9-10-47(25,30)5)67-46-41(70-44-37(59)34(56)27(52)16-63-44)40(32(54)20(4)66-46)69-45-38(60)35(57)31(53)19(3)65-45/h7,18-20,22-46,50-61H,1,8-16H2,2-6H3/t18-,19-,20+,22+,23+,24-,25-,26-,27+,28-,29+,30-,31-,32-,33-,34-,35+,36+,37+,38+,39-,40-,41+,42-,43-,44-,45-,46-,47-,48-,49-/m0/s1. The summed E-state index contributed by atoms with van der Waals surface area (Å²) in [4.78, 5) is 0. The van der Waals surface area contributed by atoms with Gasteiger partial charge in [-0.25, -0.2) is 0 Å². The minimum Gasteiger partial charge on any atom is -0.393 e. The highest BCUT2D eigenvalue weighted by Crippen LogP contribution is 2.71. The van der Waals surface area contributed by atoms with Crippen LogP contribution in [0.15, 0.2) is 23.8 Å². The first-order valence-corrected chi connectivity index (χ1v) is 25.5. The minimum atomic E-state index is -1.77. The van der Waals surface area contributed by atoms with Crippen molar-refractivity contribution in [1.29, 1.82) is 0 Å². The van der Waals surface area contributed by atoms with E-state index in [0.29, 0.717) is 18.4 Å². The number of aliphatic hydroxyl groups is 12. The molecule has 0 amide bonds. The van der Waals surface area contributed by atoms with Crippen molar-refractivity contribution >= 4 is 0 Å². The molecule has 0 aromatic heterocycles. The minimum absolute atomic E-state index is 0.00679. The molecular weight excluding hydrogens is 941 g/mol. The van der Waals surface area contributed by atoms with Gasteiger partial charge in [0.05, 0.1) is 50.3 Å². The fraction of sp³-hybridized carbons (Fsp3) is 0.918. The highest BCUT2D eigenvalue weighted by Gasteiger charge is 2.72. The zero-order valence-electron chi connectivity index (χ0n) is 40.8. The van der Waals surface area contributed by atoms with Crippen molar-refractivity contribution in [3.8, 4) is 0 Å². The second kappa shape index (κ2) is 19.6. The summed E-state index contributed by atoms with van der Waals surface area (Å²) in [6, 6.07) is 0. The summed E-state index contributed by atoms with van der Waals surface area (Å²) in [5, 5.41) is 130. The Bertz CT molecular complexity index is 1960. The van der Waals surface area contributed by atoms with Gasteiger partial charge in [-0.2, -0.15) is 0 Å². The number of aliphatic hydroxyl groups excluding tert-OH is 12. The van der Waals surface area contributed by atoms with E-state index in [1.165, 1.54) is 6.92 Å². The molecule has 0 unspecified atom stereocenters. The van der Waals surface area contributed by atoms with Crippen LogP contribution < -0.4 is 0 Å². The van der Waals surface area contributed by atoms with Crippen molar-refractivity contribution in [2.75, 3.05) is 19.8 Å². The van der Waals surface area contributed by atoms with E-state index in [-0.39, 0.29) is 60.7 Å². The molecule has 71 heavy (non-hydrogen) atoms. The largest absolute Gasteiger partial charge is 0.393 e. The third kappa shape index (κ3) is 8.55. The molecule has 12 N–H and O–H groups in total. The van der Waals surface area contributed by atoms with Crippen molar-refractivity contribution in [2.24, 2.45) is 40.4 Å². The topological polar surface area (TPSA) is 335 Å². The fourth-order valence-electron chi connectivity index (χ4n) is 14.9. The lowest BCUT2D eigenvalue weighted by atomic mass is 9.46. The molecule has 10 aliphatic rings. The van der Waals surface area contributed by atoms with E-state index in [2.05, 4.69) is 26.5 Å². The number of rotatable bonds is 8. The molecule has 4 aliphatic carbocycles. The van der Waals surface area contributed by atoms with Gasteiger partial charge in [-0.3, -0.25) is 0 Å². The molecule has 9 fully saturated rings. The van der Waals surface area contributed by atoms with Crippen LogP contribution in [0.4, 0.5) is 0 Å². The Kier molecular flexibility index (Phi) is 14.6. The summed E-state index contributed by atoms with van der Waals surface area (Å²) >= 11 is 0. The zero-order valence-corrected chi connectivity index (χ0v) is 40.8. The quantitative estimate of drug-likeness (QED) is 0.109. The van der Waals surface area contributed by atoms with Crippen LogP contribution in [0, 0.1) is 40.4 Å². The number of fused-ring (bicyclic) bond motifs is 7. The molecule has 6 heterocycles. The van der Waals surface area contributed by atoms with Crippen molar-refractivity contribution in [3.63, 3.8) is 0 Å². The SMILES string of the molecule is C=C1CO[C@@]2(O[C@H]3C[C@H]4[C@@H]5CC=C6C[C@@H](O)C[C@@H](O[C@@H]7O[C@H](C)[C@H](O)[C@H](O[C@@H]8O[C@@H](C)[C@H](O)[C@@H](O)[C@H]8O)[C@H]7O[C@@H]7OC[C@@H](O)[C@H](O)[C@H]7O)[C@]6(C)[C@H]5CC[C@]4(C)[C@H]3[C@@H]2C)[C@@H](O)[C@H]1O[C@@H]1OC[C@H](O)[C@H](O)[C@H]1O. The monoisotopic (exact) mass is 1020 g/mol. The molecule has 0 aromatic rings. The van der Waals surface area contributed by atoms with Gasteiger partial charge in [0.25, 0.3) is 0 Å². The molecule has 0 radical (unpaired) electrons. The molecule has 6 aliphatic heterocycles. The Balaban J connectivity index is 0.906. The molecule has 404 valence electrons. The van der Waals surface area contributed by atoms with Crippen LogP contribution in [0.1, 0.15) is 73.1 Å². The number of hydrogen-bond acceptors (Lipinski definition) is 22. The Morgan fingerprint density at radius 1 is 0.648 bits per heavy atom. The normalized spacial score (nSPS) is 58.4. The van der Waals surface area contributed by atoms with Crippen LogP contribution in [0.2, 0.25) is 0 Å². The van der Waals surface area contributed by atoms with E-state index >= 15 is 0 Å². The summed E-state index contributed by atoms with van der Waals surface area (Å²) in [5.41, 5.74) is 0.483. The van der Waals surface area contributed by atoms with Gasteiger partial charge in [0.1, 0.15) is 85.5 Å². The first-order chi connectivity index (χ1) is 33.5. The molecular formula is C49H76O22. The summed E-state index contributed by atoms with van der Waals surface area (Å²) in [6.07, 6.45) is -25.0. The average molecular weight is 1020 g/mol. The molecule has 6 saturated heterocycles. The molecule has 1 spiro atoms. The van der Waals surface area contributed by atoms with E-state index in [1.54, 1.807) is 6.92 Å². The van der Waals surface area contributed by atoms with Gasteiger partial charge in [-0.1, -0.05) is 39.0 Å². The predicted octanol–water partition coefficient (Wildman–Crippen LogP) is -2.82. The van der Waals surface area contributed by atoms with Gasteiger partial charge < -0.3 is 109 Å². The summed E-state index contributed by atoms with van der Waals surface area (Å²) < 4.78 is 62.5. The number of hydrogen-bond donors (Lipinski definition) is 12. The Hall–Kier alpha value is -1.40. The maximum Gasteiger partial charge on any atom is 0.200 e. The fourth-order valence-corrected chi connectivity index (χ4v) is 14.9. The predicted molar refractivity (Wildman–Crippen MR) is 238 cm³/mol. The summed E-state index contributed by atoms with van der Waals surface area (Å²) in [7, 11) is 0. The van der Waals surface area contributed by atoms with Gasteiger partial charge in [0.15, 0.2) is 25.2 Å². The molecule has 10 rings (SSSR count). The third-order valence-electron chi connectivity index (χ3n) is 19.0. The molecule has 22 heteroatoms.